The normalized spacial score (nSPS) is 17.7. The Morgan fingerprint density at radius 2 is 2.26 bits per heavy atom. The molecule has 0 aliphatic heterocycles. The van der Waals surface area contributed by atoms with Crippen LogP contribution in [0.3, 0.4) is 0 Å². The number of esters is 1. The van der Waals surface area contributed by atoms with E-state index in [1.54, 1.807) is 6.20 Å². The molecular weight excluding hydrogens is 244 g/mol. The van der Waals surface area contributed by atoms with Gasteiger partial charge in [-0.1, -0.05) is 12.8 Å². The van der Waals surface area contributed by atoms with Gasteiger partial charge in [-0.15, -0.1) is 0 Å². The standard InChI is InChI=1S/C13H16N4O2/c1-2-19-12(18)13(5-3-4-6-13)11-16-9-7-14-8-15-10(9)17-11/h7-8H,2-6H2,1H3,(H,14,15,16,17). The minimum absolute atomic E-state index is 0.181. The van der Waals surface area contributed by atoms with Crippen LogP contribution in [0.5, 0.6) is 0 Å². The lowest BCUT2D eigenvalue weighted by molar-refractivity contribution is -0.150. The smallest absolute Gasteiger partial charge is 0.319 e. The van der Waals surface area contributed by atoms with Gasteiger partial charge in [0.1, 0.15) is 23.1 Å². The Balaban J connectivity index is 2.06. The number of nitrogens with zero attached hydrogens (tertiary/aromatic N) is 3. The van der Waals surface area contributed by atoms with Gasteiger partial charge in [0.15, 0.2) is 5.65 Å². The Kier molecular flexibility index (Phi) is 2.93. The van der Waals surface area contributed by atoms with Crippen LogP contribution >= 0.6 is 0 Å². The molecule has 1 fully saturated rings. The zero-order valence-electron chi connectivity index (χ0n) is 10.8. The fourth-order valence-corrected chi connectivity index (χ4v) is 2.77. The van der Waals surface area contributed by atoms with Gasteiger partial charge in [-0.3, -0.25) is 4.79 Å². The van der Waals surface area contributed by atoms with E-state index in [1.165, 1.54) is 6.33 Å². The van der Waals surface area contributed by atoms with E-state index in [0.29, 0.717) is 18.1 Å². The first-order valence-electron chi connectivity index (χ1n) is 6.60. The molecule has 0 atom stereocenters. The average molecular weight is 260 g/mol. The number of aromatic amines is 1. The van der Waals surface area contributed by atoms with Gasteiger partial charge in [-0.2, -0.15) is 0 Å². The molecule has 1 saturated carbocycles. The molecule has 0 radical (unpaired) electrons. The Hall–Kier alpha value is -1.98. The molecule has 1 N–H and O–H groups in total. The van der Waals surface area contributed by atoms with E-state index in [2.05, 4.69) is 19.9 Å². The molecule has 3 rings (SSSR count). The van der Waals surface area contributed by atoms with Crippen molar-refractivity contribution in [1.29, 1.82) is 0 Å². The van der Waals surface area contributed by atoms with Gasteiger partial charge < -0.3 is 9.72 Å². The number of ether oxygens (including phenoxy) is 1. The van der Waals surface area contributed by atoms with Crippen LogP contribution in [0.15, 0.2) is 12.5 Å². The summed E-state index contributed by atoms with van der Waals surface area (Å²) in [5.41, 5.74) is 0.727. The third-order valence-electron chi connectivity index (χ3n) is 3.74. The van der Waals surface area contributed by atoms with Crippen LogP contribution in [0.1, 0.15) is 38.4 Å². The number of nitrogens with one attached hydrogen (secondary N) is 1. The van der Waals surface area contributed by atoms with Crippen LogP contribution in [0.25, 0.3) is 11.2 Å². The molecule has 19 heavy (non-hydrogen) atoms. The van der Waals surface area contributed by atoms with Crippen molar-refractivity contribution in [1.82, 2.24) is 19.9 Å². The third-order valence-corrected chi connectivity index (χ3v) is 3.74. The van der Waals surface area contributed by atoms with Gasteiger partial charge in [-0.25, -0.2) is 15.0 Å². The third kappa shape index (κ3) is 1.87. The number of imidazole rings is 1. The molecule has 2 aromatic rings. The number of H-pyrrole nitrogens is 1. The summed E-state index contributed by atoms with van der Waals surface area (Å²) in [6.07, 6.45) is 6.71. The second-order valence-corrected chi connectivity index (χ2v) is 4.86. The molecule has 6 nitrogen and oxygen atoms in total. The Labute approximate surface area is 110 Å². The molecule has 100 valence electrons. The van der Waals surface area contributed by atoms with Crippen LogP contribution in [0, 0.1) is 0 Å². The number of carbonyl (C=O) groups is 1. The monoisotopic (exact) mass is 260 g/mol. The zero-order chi connectivity index (χ0) is 13.3. The maximum absolute atomic E-state index is 12.3. The largest absolute Gasteiger partial charge is 0.465 e. The molecule has 1 aliphatic carbocycles. The first kappa shape index (κ1) is 12.1. The maximum atomic E-state index is 12.3. The van der Waals surface area contributed by atoms with Gasteiger partial charge in [0.05, 0.1) is 12.8 Å². The Morgan fingerprint density at radius 1 is 1.47 bits per heavy atom. The highest BCUT2D eigenvalue weighted by Gasteiger charge is 2.46. The van der Waals surface area contributed by atoms with Crippen molar-refractivity contribution < 1.29 is 9.53 Å². The molecule has 1 aliphatic rings. The fourth-order valence-electron chi connectivity index (χ4n) is 2.77. The topological polar surface area (TPSA) is 80.8 Å². The number of fused-ring (bicyclic) bond motifs is 1. The van der Waals surface area contributed by atoms with Crippen LogP contribution in [-0.2, 0) is 14.9 Å². The predicted octanol–water partition coefficient (Wildman–Crippen LogP) is 1.73. The molecule has 2 aromatic heterocycles. The summed E-state index contributed by atoms with van der Waals surface area (Å²) in [5.74, 6) is 0.485. The molecule has 0 aromatic carbocycles. The van der Waals surface area contributed by atoms with Crippen molar-refractivity contribution in [2.45, 2.75) is 38.0 Å². The van der Waals surface area contributed by atoms with Crippen LogP contribution in [0.4, 0.5) is 0 Å². The van der Waals surface area contributed by atoms with Crippen molar-refractivity contribution in [3.8, 4) is 0 Å². The molecule has 6 heteroatoms. The first-order valence-corrected chi connectivity index (χ1v) is 6.60. The fraction of sp³-hybridized carbons (Fsp3) is 0.538. The van der Waals surface area contributed by atoms with Crippen LogP contribution < -0.4 is 0 Å². The second kappa shape index (κ2) is 4.60. The number of hydrogen-bond acceptors (Lipinski definition) is 5. The lowest BCUT2D eigenvalue weighted by atomic mass is 9.85. The number of aromatic nitrogens is 4. The van der Waals surface area contributed by atoms with Crippen molar-refractivity contribution in [2.24, 2.45) is 0 Å². The van der Waals surface area contributed by atoms with E-state index in [1.807, 2.05) is 6.92 Å². The van der Waals surface area contributed by atoms with E-state index in [9.17, 15) is 4.79 Å². The average Bonchev–Trinajstić information content (AvgIpc) is 3.06. The second-order valence-electron chi connectivity index (χ2n) is 4.86. The maximum Gasteiger partial charge on any atom is 0.319 e. The lowest BCUT2D eigenvalue weighted by Gasteiger charge is -2.23. The molecule has 2 heterocycles. The summed E-state index contributed by atoms with van der Waals surface area (Å²) in [5, 5.41) is 0. The van der Waals surface area contributed by atoms with Crippen LogP contribution in [-0.4, -0.2) is 32.5 Å². The van der Waals surface area contributed by atoms with E-state index < -0.39 is 5.41 Å². The number of carbonyl (C=O) groups excluding carboxylic acids is 1. The summed E-state index contributed by atoms with van der Waals surface area (Å²) in [6, 6.07) is 0. The predicted molar refractivity (Wildman–Crippen MR) is 68.5 cm³/mol. The van der Waals surface area contributed by atoms with Gasteiger partial charge in [0.2, 0.25) is 0 Å². The molecule has 0 bridgehead atoms. The summed E-state index contributed by atoms with van der Waals surface area (Å²) in [6.45, 7) is 2.21. The molecule has 0 amide bonds. The zero-order valence-corrected chi connectivity index (χ0v) is 10.8. The summed E-state index contributed by atoms with van der Waals surface area (Å²) in [4.78, 5) is 28.0. The van der Waals surface area contributed by atoms with E-state index in [0.717, 1.165) is 31.2 Å². The minimum Gasteiger partial charge on any atom is -0.465 e. The van der Waals surface area contributed by atoms with Crippen molar-refractivity contribution in [2.75, 3.05) is 6.61 Å². The highest BCUT2D eigenvalue weighted by Crippen LogP contribution is 2.41. The van der Waals surface area contributed by atoms with E-state index >= 15 is 0 Å². The van der Waals surface area contributed by atoms with E-state index in [-0.39, 0.29) is 5.97 Å². The Morgan fingerprint density at radius 3 is 2.95 bits per heavy atom. The summed E-state index contributed by atoms with van der Waals surface area (Å²) < 4.78 is 5.24. The molecule has 0 spiro atoms. The molecular formula is C13H16N4O2. The molecule has 0 saturated heterocycles. The van der Waals surface area contributed by atoms with Gasteiger partial charge in [0.25, 0.3) is 0 Å². The van der Waals surface area contributed by atoms with Crippen molar-refractivity contribution >= 4 is 17.1 Å². The number of hydrogen-bond donors (Lipinski definition) is 1. The van der Waals surface area contributed by atoms with Gasteiger partial charge >= 0.3 is 5.97 Å². The van der Waals surface area contributed by atoms with Crippen molar-refractivity contribution in [3.63, 3.8) is 0 Å². The SMILES string of the molecule is CCOC(=O)C1(c2nc3ncncc3[nH]2)CCCC1. The van der Waals surface area contributed by atoms with E-state index in [4.69, 9.17) is 4.74 Å². The lowest BCUT2D eigenvalue weighted by Crippen LogP contribution is -2.35. The van der Waals surface area contributed by atoms with Gasteiger partial charge in [-0.05, 0) is 19.8 Å². The first-order chi connectivity index (χ1) is 9.26. The van der Waals surface area contributed by atoms with Crippen LogP contribution in [0.2, 0.25) is 0 Å². The summed E-state index contributed by atoms with van der Waals surface area (Å²) >= 11 is 0. The minimum atomic E-state index is -0.628. The van der Waals surface area contributed by atoms with Crippen molar-refractivity contribution in [3.05, 3.63) is 18.3 Å². The highest BCUT2D eigenvalue weighted by molar-refractivity contribution is 5.84. The summed E-state index contributed by atoms with van der Waals surface area (Å²) in [7, 11) is 0. The quantitative estimate of drug-likeness (QED) is 0.850. The molecule has 0 unspecified atom stereocenters. The highest BCUT2D eigenvalue weighted by atomic mass is 16.5. The van der Waals surface area contributed by atoms with Gasteiger partial charge in [0, 0.05) is 0 Å². The Bertz CT molecular complexity index is 568. The number of rotatable bonds is 3.